The summed E-state index contributed by atoms with van der Waals surface area (Å²) in [5.74, 6) is 0. The van der Waals surface area contributed by atoms with Crippen molar-refractivity contribution >= 4 is 0 Å². The van der Waals surface area contributed by atoms with Crippen LogP contribution in [-0.4, -0.2) is 50.8 Å². The first-order valence-electron chi connectivity index (χ1n) is 6.20. The third-order valence-corrected chi connectivity index (χ3v) is 2.55. The van der Waals surface area contributed by atoms with Crippen LogP contribution in [0.5, 0.6) is 0 Å². The molecule has 0 spiro atoms. The van der Waals surface area contributed by atoms with Crippen LogP contribution in [0.3, 0.4) is 0 Å². The number of hydrogen-bond acceptors (Lipinski definition) is 3. The maximum atomic E-state index is 5.32. The van der Waals surface area contributed by atoms with E-state index >= 15 is 0 Å². The maximum Gasteiger partial charge on any atom is 0.0593 e. The van der Waals surface area contributed by atoms with Crippen molar-refractivity contribution in [3.8, 4) is 0 Å². The fourth-order valence-corrected chi connectivity index (χ4v) is 1.59. The molecule has 0 saturated heterocycles. The molecule has 0 aliphatic heterocycles. The van der Waals surface area contributed by atoms with Gasteiger partial charge in [-0.1, -0.05) is 6.92 Å². The molecule has 0 aliphatic carbocycles. The fourth-order valence-electron chi connectivity index (χ4n) is 1.59. The average Bonchev–Trinajstić information content (AvgIpc) is 2.18. The van der Waals surface area contributed by atoms with Gasteiger partial charge in [0.25, 0.3) is 0 Å². The van der Waals surface area contributed by atoms with Crippen molar-refractivity contribution in [2.45, 2.75) is 39.7 Å². The van der Waals surface area contributed by atoms with Gasteiger partial charge in [-0.3, -0.25) is 0 Å². The second-order valence-electron chi connectivity index (χ2n) is 4.10. The molecule has 1 N–H and O–H groups in total. The minimum Gasteiger partial charge on any atom is -0.380 e. The van der Waals surface area contributed by atoms with E-state index in [1.807, 2.05) is 6.92 Å². The molecule has 0 aromatic rings. The molecule has 1 unspecified atom stereocenters. The van der Waals surface area contributed by atoms with Gasteiger partial charge in [-0.25, -0.2) is 0 Å². The Hall–Kier alpha value is -0.120. The molecule has 0 amide bonds. The lowest BCUT2D eigenvalue weighted by Gasteiger charge is -2.18. The zero-order chi connectivity index (χ0) is 11.5. The van der Waals surface area contributed by atoms with E-state index in [-0.39, 0.29) is 0 Å². The van der Waals surface area contributed by atoms with Gasteiger partial charge in [-0.05, 0) is 46.8 Å². The lowest BCUT2D eigenvalue weighted by Crippen LogP contribution is -2.28. The van der Waals surface area contributed by atoms with Gasteiger partial charge in [0.1, 0.15) is 0 Å². The number of likely N-dealkylation sites (N-methyl/N-ethyl adjacent to an activating group) is 1. The Morgan fingerprint density at radius 2 is 2.00 bits per heavy atom. The molecule has 3 nitrogen and oxygen atoms in total. The Balaban J connectivity index is 3.26. The fraction of sp³-hybridized carbons (Fsp3) is 1.00. The first-order chi connectivity index (χ1) is 7.20. The Morgan fingerprint density at radius 1 is 1.27 bits per heavy atom. The van der Waals surface area contributed by atoms with Crippen molar-refractivity contribution in [1.82, 2.24) is 10.2 Å². The summed E-state index contributed by atoms with van der Waals surface area (Å²) in [6.07, 6.45) is 2.52. The predicted molar refractivity (Wildman–Crippen MR) is 66.4 cm³/mol. The number of nitrogens with zero attached hydrogens (tertiary/aromatic N) is 1. The van der Waals surface area contributed by atoms with Crippen LogP contribution in [0.2, 0.25) is 0 Å². The Labute approximate surface area is 95.2 Å². The van der Waals surface area contributed by atoms with Gasteiger partial charge in [0.2, 0.25) is 0 Å². The van der Waals surface area contributed by atoms with Crippen molar-refractivity contribution in [2.75, 3.05) is 39.9 Å². The summed E-state index contributed by atoms with van der Waals surface area (Å²) >= 11 is 0. The number of ether oxygens (including phenoxy) is 1. The van der Waals surface area contributed by atoms with Crippen molar-refractivity contribution in [3.05, 3.63) is 0 Å². The number of hydrogen-bond donors (Lipinski definition) is 1. The van der Waals surface area contributed by atoms with Gasteiger partial charge in [-0.2, -0.15) is 0 Å². The summed E-state index contributed by atoms with van der Waals surface area (Å²) < 4.78 is 5.32. The highest BCUT2D eigenvalue weighted by Gasteiger charge is 2.01. The van der Waals surface area contributed by atoms with E-state index < -0.39 is 0 Å². The zero-order valence-electron chi connectivity index (χ0n) is 10.9. The lowest BCUT2D eigenvalue weighted by molar-refractivity contribution is 0.121. The van der Waals surface area contributed by atoms with Crippen LogP contribution >= 0.6 is 0 Å². The van der Waals surface area contributed by atoms with Crippen molar-refractivity contribution in [2.24, 2.45) is 0 Å². The summed E-state index contributed by atoms with van der Waals surface area (Å²) in [5, 5.41) is 3.43. The molecule has 15 heavy (non-hydrogen) atoms. The van der Waals surface area contributed by atoms with Crippen LogP contribution in [0, 0.1) is 0 Å². The minimum absolute atomic E-state index is 0.648. The maximum absolute atomic E-state index is 5.32. The van der Waals surface area contributed by atoms with E-state index in [4.69, 9.17) is 4.74 Å². The normalized spacial score (nSPS) is 13.4. The van der Waals surface area contributed by atoms with Crippen LogP contribution in [0.15, 0.2) is 0 Å². The molecule has 0 aromatic carbocycles. The summed E-state index contributed by atoms with van der Waals surface area (Å²) in [4.78, 5) is 2.34. The second-order valence-corrected chi connectivity index (χ2v) is 4.10. The molecular weight excluding hydrogens is 188 g/mol. The third kappa shape index (κ3) is 10.2. The number of rotatable bonds is 10. The molecule has 3 heteroatoms. The van der Waals surface area contributed by atoms with E-state index in [2.05, 4.69) is 31.1 Å². The molecule has 0 bridgehead atoms. The van der Waals surface area contributed by atoms with E-state index in [0.29, 0.717) is 6.04 Å². The van der Waals surface area contributed by atoms with Crippen LogP contribution in [0.25, 0.3) is 0 Å². The highest BCUT2D eigenvalue weighted by Crippen LogP contribution is 1.98. The molecule has 0 saturated carbocycles. The van der Waals surface area contributed by atoms with Crippen molar-refractivity contribution in [3.63, 3.8) is 0 Å². The van der Waals surface area contributed by atoms with Crippen LogP contribution in [-0.2, 0) is 4.74 Å². The highest BCUT2D eigenvalue weighted by molar-refractivity contribution is 4.60. The van der Waals surface area contributed by atoms with Gasteiger partial charge < -0.3 is 15.0 Å². The average molecular weight is 216 g/mol. The molecule has 0 aromatic heterocycles. The molecule has 0 aliphatic rings. The number of nitrogens with one attached hydrogen (secondary N) is 1. The standard InChI is InChI=1S/C12H28N2O/c1-5-13-12(3)8-7-9-14(4)10-11-15-6-2/h12-13H,5-11H2,1-4H3. The largest absolute Gasteiger partial charge is 0.380 e. The van der Waals surface area contributed by atoms with E-state index in [1.165, 1.54) is 19.4 Å². The van der Waals surface area contributed by atoms with Crippen LogP contribution in [0.4, 0.5) is 0 Å². The molecule has 0 radical (unpaired) electrons. The Morgan fingerprint density at radius 3 is 2.60 bits per heavy atom. The third-order valence-electron chi connectivity index (χ3n) is 2.55. The quantitative estimate of drug-likeness (QED) is 0.563. The van der Waals surface area contributed by atoms with Gasteiger partial charge in [0.15, 0.2) is 0 Å². The van der Waals surface area contributed by atoms with Gasteiger partial charge in [-0.15, -0.1) is 0 Å². The smallest absolute Gasteiger partial charge is 0.0593 e. The van der Waals surface area contributed by atoms with E-state index in [1.54, 1.807) is 0 Å². The van der Waals surface area contributed by atoms with Gasteiger partial charge in [0, 0.05) is 19.2 Å². The van der Waals surface area contributed by atoms with Gasteiger partial charge >= 0.3 is 0 Å². The Bertz CT molecular complexity index is 131. The molecule has 0 heterocycles. The molecule has 0 rings (SSSR count). The molecule has 92 valence electrons. The van der Waals surface area contributed by atoms with Crippen LogP contribution < -0.4 is 5.32 Å². The summed E-state index contributed by atoms with van der Waals surface area (Å²) in [7, 11) is 2.16. The summed E-state index contributed by atoms with van der Waals surface area (Å²) in [5.41, 5.74) is 0. The lowest BCUT2D eigenvalue weighted by atomic mass is 10.2. The van der Waals surface area contributed by atoms with Crippen LogP contribution in [0.1, 0.15) is 33.6 Å². The molecular formula is C12H28N2O. The first-order valence-corrected chi connectivity index (χ1v) is 6.20. The molecule has 0 fully saturated rings. The van der Waals surface area contributed by atoms with Crippen molar-refractivity contribution < 1.29 is 4.74 Å². The topological polar surface area (TPSA) is 24.5 Å². The predicted octanol–water partition coefficient (Wildman–Crippen LogP) is 1.73. The first kappa shape index (κ1) is 14.9. The van der Waals surface area contributed by atoms with Gasteiger partial charge in [0.05, 0.1) is 6.61 Å². The second kappa shape index (κ2) is 10.4. The zero-order valence-corrected chi connectivity index (χ0v) is 10.9. The monoisotopic (exact) mass is 216 g/mol. The van der Waals surface area contributed by atoms with E-state index in [9.17, 15) is 0 Å². The van der Waals surface area contributed by atoms with Crippen molar-refractivity contribution in [1.29, 1.82) is 0 Å². The highest BCUT2D eigenvalue weighted by atomic mass is 16.5. The summed E-state index contributed by atoms with van der Waals surface area (Å²) in [6.45, 7) is 11.4. The molecule has 1 atom stereocenters. The van der Waals surface area contributed by atoms with E-state index in [0.717, 1.165) is 26.3 Å². The Kier molecular flexibility index (Phi) is 10.3. The SMILES string of the molecule is CCNC(C)CCCN(C)CCOCC. The minimum atomic E-state index is 0.648. The summed E-state index contributed by atoms with van der Waals surface area (Å²) in [6, 6.07) is 0.648.